The van der Waals surface area contributed by atoms with Gasteiger partial charge in [-0.2, -0.15) is 0 Å². The Bertz CT molecular complexity index is 413. The van der Waals surface area contributed by atoms with Crippen LogP contribution >= 0.6 is 0 Å². The zero-order valence-electron chi connectivity index (χ0n) is 10.4. The van der Waals surface area contributed by atoms with Gasteiger partial charge in [0, 0.05) is 0 Å². The van der Waals surface area contributed by atoms with Gasteiger partial charge in [0.2, 0.25) is 0 Å². The summed E-state index contributed by atoms with van der Waals surface area (Å²) in [7, 11) is 0. The molecule has 0 aromatic heterocycles. The Balaban J connectivity index is 2.54. The first-order valence-corrected chi connectivity index (χ1v) is 5.71. The molecule has 0 radical (unpaired) electrons. The smallest absolute Gasteiger partial charge is 0.309 e. The summed E-state index contributed by atoms with van der Waals surface area (Å²) in [5.74, 6) is -0.192. The van der Waals surface area contributed by atoms with Crippen LogP contribution in [0.15, 0.2) is 36.9 Å². The fraction of sp³-hybridized carbons (Fsp3) is 0.267. The molecular formula is C15H18O2. The van der Waals surface area contributed by atoms with E-state index in [0.717, 1.165) is 16.7 Å². The van der Waals surface area contributed by atoms with E-state index in [9.17, 15) is 4.79 Å². The topological polar surface area (TPSA) is 26.3 Å². The zero-order valence-corrected chi connectivity index (χ0v) is 10.4. The van der Waals surface area contributed by atoms with Gasteiger partial charge in [-0.25, -0.2) is 0 Å². The van der Waals surface area contributed by atoms with Gasteiger partial charge in [-0.15, -0.1) is 0 Å². The minimum atomic E-state index is -0.192. The molecule has 0 heterocycles. The number of carbonyl (C=O) groups excluding carboxylic acids is 1. The number of rotatable bonds is 5. The maximum atomic E-state index is 11.1. The van der Waals surface area contributed by atoms with Crippen molar-refractivity contribution < 1.29 is 9.53 Å². The van der Waals surface area contributed by atoms with Gasteiger partial charge in [0.15, 0.2) is 0 Å². The Labute approximate surface area is 103 Å². The van der Waals surface area contributed by atoms with Crippen LogP contribution in [-0.2, 0) is 9.53 Å². The van der Waals surface area contributed by atoms with E-state index < -0.39 is 0 Å². The van der Waals surface area contributed by atoms with Crippen LogP contribution in [0.5, 0.6) is 0 Å². The largest absolute Gasteiger partial charge is 0.466 e. The SMILES string of the molecule is C=C(C)c1ccc(C=CCC(=O)OCC)cc1. The van der Waals surface area contributed by atoms with Crippen LogP contribution in [0.1, 0.15) is 31.4 Å². The molecule has 0 atom stereocenters. The van der Waals surface area contributed by atoms with Gasteiger partial charge < -0.3 is 4.74 Å². The van der Waals surface area contributed by atoms with E-state index in [1.54, 1.807) is 6.92 Å². The molecule has 0 fully saturated rings. The Morgan fingerprint density at radius 2 is 2.00 bits per heavy atom. The fourth-order valence-electron chi connectivity index (χ4n) is 1.39. The third kappa shape index (κ3) is 4.68. The lowest BCUT2D eigenvalue weighted by molar-refractivity contribution is -0.142. The highest BCUT2D eigenvalue weighted by Gasteiger charge is 1.96. The molecule has 1 aromatic rings. The summed E-state index contributed by atoms with van der Waals surface area (Å²) in [6.45, 7) is 8.09. The first kappa shape index (κ1) is 13.2. The number of ether oxygens (including phenoxy) is 1. The van der Waals surface area contributed by atoms with E-state index in [-0.39, 0.29) is 5.97 Å². The second kappa shape index (κ2) is 6.69. The molecule has 0 aliphatic heterocycles. The predicted octanol–water partition coefficient (Wildman–Crippen LogP) is 3.69. The molecule has 90 valence electrons. The number of benzene rings is 1. The standard InChI is InChI=1S/C15H18O2/c1-4-17-15(16)7-5-6-13-8-10-14(11-9-13)12(2)3/h5-6,8-11H,2,4,7H2,1,3H3. The summed E-state index contributed by atoms with van der Waals surface area (Å²) in [6, 6.07) is 8.05. The molecule has 2 nitrogen and oxygen atoms in total. The van der Waals surface area contributed by atoms with Crippen molar-refractivity contribution >= 4 is 17.6 Å². The van der Waals surface area contributed by atoms with Gasteiger partial charge in [0.05, 0.1) is 13.0 Å². The molecule has 0 aliphatic carbocycles. The number of allylic oxidation sites excluding steroid dienone is 1. The van der Waals surface area contributed by atoms with Crippen molar-refractivity contribution in [1.82, 2.24) is 0 Å². The molecule has 0 saturated carbocycles. The molecule has 0 spiro atoms. The van der Waals surface area contributed by atoms with Gasteiger partial charge in [-0.3, -0.25) is 4.79 Å². The molecule has 0 aliphatic rings. The molecule has 0 unspecified atom stereocenters. The summed E-state index contributed by atoms with van der Waals surface area (Å²) < 4.78 is 4.83. The van der Waals surface area contributed by atoms with Gasteiger partial charge in [-0.05, 0) is 25.0 Å². The van der Waals surface area contributed by atoms with E-state index in [1.165, 1.54) is 0 Å². The number of carbonyl (C=O) groups is 1. The Morgan fingerprint density at radius 3 is 2.53 bits per heavy atom. The number of hydrogen-bond donors (Lipinski definition) is 0. The van der Waals surface area contributed by atoms with Crippen molar-refractivity contribution in [1.29, 1.82) is 0 Å². The fourth-order valence-corrected chi connectivity index (χ4v) is 1.39. The molecule has 1 rings (SSSR count). The van der Waals surface area contributed by atoms with E-state index in [1.807, 2.05) is 43.3 Å². The first-order chi connectivity index (χ1) is 8.13. The maximum Gasteiger partial charge on any atom is 0.309 e. The Morgan fingerprint density at radius 1 is 1.35 bits per heavy atom. The van der Waals surface area contributed by atoms with Crippen LogP contribution in [0.3, 0.4) is 0 Å². The normalized spacial score (nSPS) is 10.5. The van der Waals surface area contributed by atoms with Crippen molar-refractivity contribution in [3.63, 3.8) is 0 Å². The molecular weight excluding hydrogens is 212 g/mol. The second-order valence-corrected chi connectivity index (χ2v) is 3.81. The lowest BCUT2D eigenvalue weighted by Crippen LogP contribution is -2.01. The molecule has 2 heteroatoms. The van der Waals surface area contributed by atoms with Gasteiger partial charge in [-0.1, -0.05) is 48.6 Å². The average Bonchev–Trinajstić information content (AvgIpc) is 2.30. The molecule has 0 bridgehead atoms. The number of esters is 1. The van der Waals surface area contributed by atoms with Crippen LogP contribution in [0, 0.1) is 0 Å². The third-order valence-corrected chi connectivity index (χ3v) is 2.30. The number of hydrogen-bond acceptors (Lipinski definition) is 2. The quantitative estimate of drug-likeness (QED) is 0.721. The molecule has 0 N–H and O–H groups in total. The second-order valence-electron chi connectivity index (χ2n) is 3.81. The molecule has 0 saturated heterocycles. The average molecular weight is 230 g/mol. The van der Waals surface area contributed by atoms with Crippen LogP contribution in [-0.4, -0.2) is 12.6 Å². The highest BCUT2D eigenvalue weighted by Crippen LogP contribution is 2.13. The molecule has 1 aromatic carbocycles. The van der Waals surface area contributed by atoms with Crippen molar-refractivity contribution in [2.45, 2.75) is 20.3 Å². The predicted molar refractivity (Wildman–Crippen MR) is 71.4 cm³/mol. The molecule has 0 amide bonds. The van der Waals surface area contributed by atoms with E-state index in [4.69, 9.17) is 4.74 Å². The summed E-state index contributed by atoms with van der Waals surface area (Å²) in [6.07, 6.45) is 4.04. The summed E-state index contributed by atoms with van der Waals surface area (Å²) in [4.78, 5) is 11.1. The minimum absolute atomic E-state index is 0.192. The minimum Gasteiger partial charge on any atom is -0.466 e. The maximum absolute atomic E-state index is 11.1. The summed E-state index contributed by atoms with van der Waals surface area (Å²) in [5, 5.41) is 0. The van der Waals surface area contributed by atoms with Gasteiger partial charge in [0.1, 0.15) is 0 Å². The van der Waals surface area contributed by atoms with Crippen molar-refractivity contribution in [2.24, 2.45) is 0 Å². The monoisotopic (exact) mass is 230 g/mol. The van der Waals surface area contributed by atoms with Crippen molar-refractivity contribution in [3.05, 3.63) is 48.0 Å². The first-order valence-electron chi connectivity index (χ1n) is 5.71. The van der Waals surface area contributed by atoms with E-state index in [0.29, 0.717) is 13.0 Å². The highest BCUT2D eigenvalue weighted by molar-refractivity contribution is 5.72. The van der Waals surface area contributed by atoms with Gasteiger partial charge >= 0.3 is 5.97 Å². The van der Waals surface area contributed by atoms with E-state index in [2.05, 4.69) is 6.58 Å². The van der Waals surface area contributed by atoms with Crippen LogP contribution < -0.4 is 0 Å². The van der Waals surface area contributed by atoms with Crippen LogP contribution in [0.2, 0.25) is 0 Å². The van der Waals surface area contributed by atoms with Crippen molar-refractivity contribution in [3.8, 4) is 0 Å². The lowest BCUT2D eigenvalue weighted by atomic mass is 10.1. The molecule has 17 heavy (non-hydrogen) atoms. The van der Waals surface area contributed by atoms with Crippen LogP contribution in [0.4, 0.5) is 0 Å². The zero-order chi connectivity index (χ0) is 12.7. The third-order valence-electron chi connectivity index (χ3n) is 2.30. The Kier molecular flexibility index (Phi) is 5.21. The summed E-state index contributed by atoms with van der Waals surface area (Å²) >= 11 is 0. The van der Waals surface area contributed by atoms with Crippen LogP contribution in [0.25, 0.3) is 11.6 Å². The van der Waals surface area contributed by atoms with E-state index >= 15 is 0 Å². The highest BCUT2D eigenvalue weighted by atomic mass is 16.5. The van der Waals surface area contributed by atoms with Gasteiger partial charge in [0.25, 0.3) is 0 Å². The van der Waals surface area contributed by atoms with Crippen molar-refractivity contribution in [2.75, 3.05) is 6.61 Å². The lowest BCUT2D eigenvalue weighted by Gasteiger charge is -2.00. The Hall–Kier alpha value is -1.83. The summed E-state index contributed by atoms with van der Waals surface area (Å²) in [5.41, 5.74) is 3.25.